The van der Waals surface area contributed by atoms with Crippen LogP contribution in [0.3, 0.4) is 0 Å². The van der Waals surface area contributed by atoms with Gasteiger partial charge in [-0.25, -0.2) is 9.97 Å². The van der Waals surface area contributed by atoms with Crippen molar-refractivity contribution in [3.8, 4) is 11.3 Å². The minimum Gasteiger partial charge on any atom is -0.396 e. The molecule has 1 aromatic carbocycles. The lowest BCUT2D eigenvalue weighted by Crippen LogP contribution is -2.25. The molecule has 0 atom stereocenters. The molecule has 3 aromatic rings. The number of halogens is 1. The lowest BCUT2D eigenvalue weighted by atomic mass is 10.1. The summed E-state index contributed by atoms with van der Waals surface area (Å²) in [5, 5.41) is 15.5. The predicted molar refractivity (Wildman–Crippen MR) is 104 cm³/mol. The minimum atomic E-state index is -0.133. The molecule has 8 heteroatoms. The molecule has 0 unspecified atom stereocenters. The van der Waals surface area contributed by atoms with Gasteiger partial charge >= 0.3 is 0 Å². The topological polar surface area (TPSA) is 91.5 Å². The number of nitrogens with zero attached hydrogens (tertiary/aromatic N) is 3. The molecule has 27 heavy (non-hydrogen) atoms. The van der Waals surface area contributed by atoms with Crippen LogP contribution in [0.5, 0.6) is 0 Å². The van der Waals surface area contributed by atoms with Crippen molar-refractivity contribution in [3.63, 3.8) is 0 Å². The number of anilines is 1. The second-order valence-electron chi connectivity index (χ2n) is 6.56. The van der Waals surface area contributed by atoms with Crippen LogP contribution in [0.15, 0.2) is 36.8 Å². The van der Waals surface area contributed by atoms with E-state index >= 15 is 0 Å². The first-order valence-electron chi connectivity index (χ1n) is 8.95. The van der Waals surface area contributed by atoms with Crippen molar-refractivity contribution >= 4 is 29.0 Å². The van der Waals surface area contributed by atoms with Gasteiger partial charge in [0, 0.05) is 37.2 Å². The molecule has 1 aliphatic rings. The van der Waals surface area contributed by atoms with Crippen LogP contribution in [-0.2, 0) is 0 Å². The highest BCUT2D eigenvalue weighted by atomic mass is 35.5. The molecule has 1 aliphatic carbocycles. The Balaban J connectivity index is 1.63. The summed E-state index contributed by atoms with van der Waals surface area (Å²) in [6.45, 7) is 0.733. The molecule has 1 saturated carbocycles. The molecular weight excluding hydrogens is 366 g/mol. The van der Waals surface area contributed by atoms with Crippen molar-refractivity contribution in [3.05, 3.63) is 47.4 Å². The molecule has 0 aliphatic heterocycles. The summed E-state index contributed by atoms with van der Waals surface area (Å²) in [6.07, 6.45) is 7.98. The number of hydrogen-bond acceptors (Lipinski definition) is 5. The summed E-state index contributed by atoms with van der Waals surface area (Å²) in [6, 6.07) is 5.69. The normalized spacial score (nSPS) is 13.7. The van der Waals surface area contributed by atoms with E-state index in [1.54, 1.807) is 24.5 Å². The number of fused-ring (bicyclic) bond motifs is 1. The van der Waals surface area contributed by atoms with Crippen LogP contribution in [0, 0.1) is 0 Å². The van der Waals surface area contributed by atoms with E-state index in [0.717, 1.165) is 24.1 Å². The van der Waals surface area contributed by atoms with Crippen molar-refractivity contribution in [2.24, 2.45) is 0 Å². The van der Waals surface area contributed by atoms with E-state index in [9.17, 15) is 4.79 Å². The fourth-order valence-electron chi connectivity index (χ4n) is 2.89. The van der Waals surface area contributed by atoms with Gasteiger partial charge in [0.05, 0.1) is 22.5 Å². The molecule has 7 nitrogen and oxygen atoms in total. The van der Waals surface area contributed by atoms with E-state index in [1.165, 1.54) is 0 Å². The zero-order chi connectivity index (χ0) is 18.8. The summed E-state index contributed by atoms with van der Waals surface area (Å²) in [4.78, 5) is 21.0. The van der Waals surface area contributed by atoms with Crippen molar-refractivity contribution in [1.82, 2.24) is 19.7 Å². The van der Waals surface area contributed by atoms with Gasteiger partial charge in [0.1, 0.15) is 0 Å². The van der Waals surface area contributed by atoms with Crippen LogP contribution in [0.2, 0.25) is 5.02 Å². The smallest absolute Gasteiger partial charge is 0.253 e. The lowest BCUT2D eigenvalue weighted by Gasteiger charge is -2.09. The Kier molecular flexibility index (Phi) is 4.96. The van der Waals surface area contributed by atoms with Gasteiger partial charge in [0.25, 0.3) is 5.91 Å². The highest BCUT2D eigenvalue weighted by Gasteiger charge is 2.24. The van der Waals surface area contributed by atoms with Gasteiger partial charge in [0.15, 0.2) is 11.5 Å². The summed E-state index contributed by atoms with van der Waals surface area (Å²) >= 11 is 6.37. The molecule has 0 spiro atoms. The highest BCUT2D eigenvalue weighted by Crippen LogP contribution is 2.28. The molecule has 140 valence electrons. The third kappa shape index (κ3) is 3.74. The monoisotopic (exact) mass is 385 g/mol. The highest BCUT2D eigenvalue weighted by molar-refractivity contribution is 6.34. The Hall–Kier alpha value is -2.64. The maximum Gasteiger partial charge on any atom is 0.253 e. The fourth-order valence-corrected chi connectivity index (χ4v) is 3.16. The first-order valence-corrected chi connectivity index (χ1v) is 9.33. The number of carbonyl (C=O) groups excluding carboxylic acids is 1. The van der Waals surface area contributed by atoms with E-state index in [0.29, 0.717) is 35.0 Å². The number of imidazole rings is 1. The second-order valence-corrected chi connectivity index (χ2v) is 6.97. The summed E-state index contributed by atoms with van der Waals surface area (Å²) in [5.74, 6) is 0.524. The van der Waals surface area contributed by atoms with Gasteiger partial charge in [-0.05, 0) is 31.4 Å². The maximum absolute atomic E-state index is 12.2. The van der Waals surface area contributed by atoms with E-state index < -0.39 is 0 Å². The molecule has 3 N–H and O–H groups in total. The molecular formula is C19H20ClN5O2. The quantitative estimate of drug-likeness (QED) is 0.544. The largest absolute Gasteiger partial charge is 0.396 e. The lowest BCUT2D eigenvalue weighted by molar-refractivity contribution is 0.0951. The third-order valence-electron chi connectivity index (χ3n) is 4.48. The van der Waals surface area contributed by atoms with E-state index in [2.05, 4.69) is 20.6 Å². The van der Waals surface area contributed by atoms with Crippen molar-refractivity contribution in [1.29, 1.82) is 0 Å². The summed E-state index contributed by atoms with van der Waals surface area (Å²) in [5.41, 5.74) is 2.89. The summed E-state index contributed by atoms with van der Waals surface area (Å²) in [7, 11) is 0. The SMILES string of the molecule is O=C(NC1CC1)c1ccc(-c2cnc3c(NCCCO)nccn23)cc1Cl. The first kappa shape index (κ1) is 17.8. The zero-order valence-electron chi connectivity index (χ0n) is 14.7. The van der Waals surface area contributed by atoms with Crippen LogP contribution < -0.4 is 10.6 Å². The van der Waals surface area contributed by atoms with E-state index in [4.69, 9.17) is 16.7 Å². The van der Waals surface area contributed by atoms with Gasteiger partial charge in [-0.1, -0.05) is 17.7 Å². The number of carbonyl (C=O) groups is 1. The Labute approximate surface area is 161 Å². The Morgan fingerprint density at radius 1 is 1.33 bits per heavy atom. The molecule has 0 bridgehead atoms. The Bertz CT molecular complexity index is 983. The molecule has 1 fully saturated rings. The number of aliphatic hydroxyl groups excluding tert-OH is 1. The third-order valence-corrected chi connectivity index (χ3v) is 4.79. The predicted octanol–water partition coefficient (Wildman–Crippen LogP) is 2.74. The number of aromatic nitrogens is 3. The molecule has 0 radical (unpaired) electrons. The van der Waals surface area contributed by atoms with Crippen molar-refractivity contribution < 1.29 is 9.90 Å². The maximum atomic E-state index is 12.2. The standard InChI is InChI=1S/C19H20ClN5O2/c20-15-10-12(2-5-14(15)19(27)24-13-3-4-13)16-11-23-18-17(21-6-1-9-26)22-7-8-25(16)18/h2,5,7-8,10-11,13,26H,1,3-4,6,9H2,(H,21,22)(H,24,27). The van der Waals surface area contributed by atoms with Gasteiger partial charge < -0.3 is 15.7 Å². The number of nitrogens with one attached hydrogen (secondary N) is 2. The number of amides is 1. The number of hydrogen-bond donors (Lipinski definition) is 3. The van der Waals surface area contributed by atoms with Crippen LogP contribution in [0.1, 0.15) is 29.6 Å². The van der Waals surface area contributed by atoms with Gasteiger partial charge in [-0.3, -0.25) is 9.20 Å². The van der Waals surface area contributed by atoms with Crippen molar-refractivity contribution in [2.45, 2.75) is 25.3 Å². The molecule has 2 heterocycles. The molecule has 0 saturated heterocycles. The average Bonchev–Trinajstić information content (AvgIpc) is 3.37. The molecule has 4 rings (SSSR count). The van der Waals surface area contributed by atoms with Gasteiger partial charge in [-0.2, -0.15) is 0 Å². The Morgan fingerprint density at radius 3 is 2.93 bits per heavy atom. The van der Waals surface area contributed by atoms with Crippen LogP contribution >= 0.6 is 11.6 Å². The molecule has 2 aromatic heterocycles. The minimum absolute atomic E-state index is 0.120. The fraction of sp³-hybridized carbons (Fsp3) is 0.316. The second kappa shape index (κ2) is 7.54. The van der Waals surface area contributed by atoms with Crippen LogP contribution in [0.25, 0.3) is 16.9 Å². The Morgan fingerprint density at radius 2 is 2.19 bits per heavy atom. The van der Waals surface area contributed by atoms with Gasteiger partial charge in [-0.15, -0.1) is 0 Å². The number of benzene rings is 1. The first-order chi connectivity index (χ1) is 13.2. The van der Waals surface area contributed by atoms with Crippen molar-refractivity contribution in [2.75, 3.05) is 18.5 Å². The zero-order valence-corrected chi connectivity index (χ0v) is 15.4. The number of rotatable bonds is 7. The van der Waals surface area contributed by atoms with Crippen LogP contribution in [-0.4, -0.2) is 44.6 Å². The molecule has 1 amide bonds. The number of aliphatic hydroxyl groups is 1. The van der Waals surface area contributed by atoms with Gasteiger partial charge in [0.2, 0.25) is 0 Å². The van der Waals surface area contributed by atoms with Crippen LogP contribution in [0.4, 0.5) is 5.82 Å². The summed E-state index contributed by atoms with van der Waals surface area (Å²) < 4.78 is 1.92. The van der Waals surface area contributed by atoms with E-state index in [1.807, 2.05) is 16.7 Å². The van der Waals surface area contributed by atoms with E-state index in [-0.39, 0.29) is 18.6 Å². The average molecular weight is 386 g/mol.